The van der Waals surface area contributed by atoms with Gasteiger partial charge in [0.2, 0.25) is 5.91 Å². The van der Waals surface area contributed by atoms with Crippen LogP contribution in [0.15, 0.2) is 29.4 Å². The third kappa shape index (κ3) is 4.22. The van der Waals surface area contributed by atoms with Crippen molar-refractivity contribution in [2.45, 2.75) is 36.7 Å². The summed E-state index contributed by atoms with van der Waals surface area (Å²) in [4.78, 5) is 30.4. The first kappa shape index (κ1) is 15.4. The fraction of sp³-hybridized carbons (Fsp3) is 0.357. The number of aliphatic carboxylic acids is 1. The van der Waals surface area contributed by atoms with Gasteiger partial charge in [0.15, 0.2) is 5.16 Å². The van der Waals surface area contributed by atoms with Gasteiger partial charge in [-0.2, -0.15) is 0 Å². The molecule has 0 spiro atoms. The highest BCUT2D eigenvalue weighted by atomic mass is 32.2. The number of benzene rings is 1. The number of carbonyl (C=O) groups is 2. The molecule has 0 aliphatic heterocycles. The summed E-state index contributed by atoms with van der Waals surface area (Å²) >= 11 is 1.05. The average Bonchev–Trinajstić information content (AvgIpc) is 2.79. The predicted octanol–water partition coefficient (Wildman–Crippen LogP) is 2.02. The molecule has 0 radical (unpaired) electrons. The third-order valence-corrected chi connectivity index (χ3v) is 3.79. The van der Waals surface area contributed by atoms with E-state index in [0.29, 0.717) is 5.16 Å². The number of hydrogen-bond donors (Lipinski definition) is 3. The molecule has 1 unspecified atom stereocenters. The fourth-order valence-electron chi connectivity index (χ4n) is 1.85. The number of imidazole rings is 1. The Bertz CT molecular complexity index is 621. The number of rotatable bonds is 6. The summed E-state index contributed by atoms with van der Waals surface area (Å²) < 4.78 is 0. The molecule has 0 fully saturated rings. The van der Waals surface area contributed by atoms with E-state index in [1.165, 1.54) is 0 Å². The number of thioether (sulfide) groups is 1. The van der Waals surface area contributed by atoms with Gasteiger partial charge in [-0.3, -0.25) is 9.59 Å². The Morgan fingerprint density at radius 2 is 2.10 bits per heavy atom. The van der Waals surface area contributed by atoms with E-state index in [-0.39, 0.29) is 18.4 Å². The average molecular weight is 307 g/mol. The van der Waals surface area contributed by atoms with E-state index in [2.05, 4.69) is 15.3 Å². The zero-order chi connectivity index (χ0) is 15.4. The van der Waals surface area contributed by atoms with Crippen molar-refractivity contribution >= 4 is 34.7 Å². The third-order valence-electron chi connectivity index (χ3n) is 2.72. The number of aromatic amines is 1. The van der Waals surface area contributed by atoms with Crippen LogP contribution in [-0.4, -0.2) is 38.2 Å². The molecule has 2 rings (SSSR count). The molecular weight excluding hydrogens is 290 g/mol. The van der Waals surface area contributed by atoms with Gasteiger partial charge in [-0.1, -0.05) is 23.9 Å². The molecule has 3 N–H and O–H groups in total. The maximum atomic E-state index is 11.7. The number of carboxylic acids is 1. The number of nitrogens with one attached hydrogen (secondary N) is 2. The monoisotopic (exact) mass is 307 g/mol. The topological polar surface area (TPSA) is 95.1 Å². The predicted molar refractivity (Wildman–Crippen MR) is 81.3 cm³/mol. The number of fused-ring (bicyclic) bond motifs is 1. The first-order chi connectivity index (χ1) is 9.95. The Hall–Kier alpha value is -2.02. The van der Waals surface area contributed by atoms with Crippen LogP contribution in [-0.2, 0) is 9.59 Å². The summed E-state index contributed by atoms with van der Waals surface area (Å²) in [6.07, 6.45) is -0.0881. The Morgan fingerprint density at radius 3 is 2.71 bits per heavy atom. The summed E-state index contributed by atoms with van der Waals surface area (Å²) in [5.74, 6) is -1.31. The highest BCUT2D eigenvalue weighted by Gasteiger charge is 2.24. The normalized spacial score (nSPS) is 12.5. The van der Waals surface area contributed by atoms with Crippen molar-refractivity contribution in [3.8, 4) is 0 Å². The standard InChI is InChI=1S/C14H17N3O3S/c1-8(2)15-12(18)7-11(13(19)20)21-14-16-9-5-3-4-6-10(9)17-14/h3-6,8,11H,7H2,1-2H3,(H,15,18)(H,16,17)(H,19,20). The molecule has 1 heterocycles. The van der Waals surface area contributed by atoms with Crippen molar-refractivity contribution in [3.05, 3.63) is 24.3 Å². The van der Waals surface area contributed by atoms with Crippen molar-refractivity contribution in [2.75, 3.05) is 0 Å². The molecule has 7 heteroatoms. The number of aromatic nitrogens is 2. The Kier molecular flexibility index (Phi) is 4.85. The lowest BCUT2D eigenvalue weighted by Gasteiger charge is -2.12. The van der Waals surface area contributed by atoms with Gasteiger partial charge in [0, 0.05) is 12.5 Å². The van der Waals surface area contributed by atoms with E-state index in [1.54, 1.807) is 0 Å². The number of amides is 1. The zero-order valence-electron chi connectivity index (χ0n) is 11.8. The van der Waals surface area contributed by atoms with E-state index < -0.39 is 11.2 Å². The van der Waals surface area contributed by atoms with Crippen molar-refractivity contribution < 1.29 is 14.7 Å². The van der Waals surface area contributed by atoms with Crippen molar-refractivity contribution in [3.63, 3.8) is 0 Å². The number of carboxylic acid groups (broad SMARTS) is 1. The second-order valence-corrected chi connectivity index (χ2v) is 6.12. The van der Waals surface area contributed by atoms with Gasteiger partial charge in [0.25, 0.3) is 0 Å². The highest BCUT2D eigenvalue weighted by molar-refractivity contribution is 8.00. The lowest BCUT2D eigenvalue weighted by Crippen LogP contribution is -2.34. The first-order valence-corrected chi connectivity index (χ1v) is 7.47. The van der Waals surface area contributed by atoms with E-state index >= 15 is 0 Å². The number of carbonyl (C=O) groups excluding carboxylic acids is 1. The number of hydrogen-bond acceptors (Lipinski definition) is 4. The van der Waals surface area contributed by atoms with Gasteiger partial charge in [-0.05, 0) is 26.0 Å². The van der Waals surface area contributed by atoms with Crippen molar-refractivity contribution in [1.82, 2.24) is 15.3 Å². The number of nitrogens with zero attached hydrogens (tertiary/aromatic N) is 1. The Labute approximate surface area is 126 Å². The Balaban J connectivity index is 2.08. The van der Waals surface area contributed by atoms with Gasteiger partial charge >= 0.3 is 5.97 Å². The van der Waals surface area contributed by atoms with Crippen LogP contribution >= 0.6 is 11.8 Å². The van der Waals surface area contributed by atoms with Crippen LogP contribution in [0.2, 0.25) is 0 Å². The SMILES string of the molecule is CC(C)NC(=O)CC(Sc1nc2ccccc2[nH]1)C(=O)O. The van der Waals surface area contributed by atoms with Gasteiger partial charge in [0.1, 0.15) is 5.25 Å². The van der Waals surface area contributed by atoms with Crippen molar-refractivity contribution in [1.29, 1.82) is 0 Å². The van der Waals surface area contributed by atoms with E-state index in [9.17, 15) is 14.7 Å². The van der Waals surface area contributed by atoms with Crippen LogP contribution in [0.25, 0.3) is 11.0 Å². The second-order valence-electron chi connectivity index (χ2n) is 4.93. The molecule has 0 aliphatic carbocycles. The van der Waals surface area contributed by atoms with Crippen LogP contribution < -0.4 is 5.32 Å². The van der Waals surface area contributed by atoms with Gasteiger partial charge < -0.3 is 15.4 Å². The number of H-pyrrole nitrogens is 1. The van der Waals surface area contributed by atoms with E-state index in [1.807, 2.05) is 38.1 Å². The largest absolute Gasteiger partial charge is 0.480 e. The van der Waals surface area contributed by atoms with Gasteiger partial charge in [0.05, 0.1) is 11.0 Å². The molecule has 1 aromatic carbocycles. The quantitative estimate of drug-likeness (QED) is 0.710. The molecule has 6 nitrogen and oxygen atoms in total. The van der Waals surface area contributed by atoms with E-state index in [0.717, 1.165) is 22.8 Å². The minimum absolute atomic E-state index is 0.0110. The Morgan fingerprint density at radius 1 is 1.38 bits per heavy atom. The zero-order valence-corrected chi connectivity index (χ0v) is 12.6. The summed E-state index contributed by atoms with van der Waals surface area (Å²) in [6, 6.07) is 7.44. The van der Waals surface area contributed by atoms with Crippen LogP contribution in [0.3, 0.4) is 0 Å². The van der Waals surface area contributed by atoms with E-state index in [4.69, 9.17) is 0 Å². The summed E-state index contributed by atoms with van der Waals surface area (Å²) in [7, 11) is 0. The first-order valence-electron chi connectivity index (χ1n) is 6.59. The smallest absolute Gasteiger partial charge is 0.317 e. The molecule has 0 bridgehead atoms. The highest BCUT2D eigenvalue weighted by Crippen LogP contribution is 2.25. The van der Waals surface area contributed by atoms with Crippen LogP contribution in [0.4, 0.5) is 0 Å². The van der Waals surface area contributed by atoms with Crippen molar-refractivity contribution in [2.24, 2.45) is 0 Å². The molecule has 2 aromatic rings. The lowest BCUT2D eigenvalue weighted by molar-refractivity contribution is -0.138. The summed E-state index contributed by atoms with van der Waals surface area (Å²) in [6.45, 7) is 3.67. The minimum Gasteiger partial charge on any atom is -0.480 e. The maximum absolute atomic E-state index is 11.7. The summed E-state index contributed by atoms with van der Waals surface area (Å²) in [5.41, 5.74) is 1.62. The van der Waals surface area contributed by atoms with Crippen LogP contribution in [0, 0.1) is 0 Å². The molecule has 0 aliphatic rings. The van der Waals surface area contributed by atoms with Crippen LogP contribution in [0.1, 0.15) is 20.3 Å². The molecular formula is C14H17N3O3S. The molecule has 1 aromatic heterocycles. The molecule has 0 saturated heterocycles. The van der Waals surface area contributed by atoms with Gasteiger partial charge in [-0.15, -0.1) is 0 Å². The van der Waals surface area contributed by atoms with Gasteiger partial charge in [-0.25, -0.2) is 4.98 Å². The lowest BCUT2D eigenvalue weighted by atomic mass is 10.2. The molecule has 21 heavy (non-hydrogen) atoms. The minimum atomic E-state index is -1.03. The second kappa shape index (κ2) is 6.62. The fourth-order valence-corrected chi connectivity index (χ4v) is 2.77. The molecule has 0 saturated carbocycles. The molecule has 1 amide bonds. The summed E-state index contributed by atoms with van der Waals surface area (Å²) in [5, 5.41) is 11.6. The number of para-hydroxylation sites is 2. The maximum Gasteiger partial charge on any atom is 0.317 e. The molecule has 1 atom stereocenters. The van der Waals surface area contributed by atoms with Crippen LogP contribution in [0.5, 0.6) is 0 Å². The molecule has 112 valence electrons.